The Morgan fingerprint density at radius 1 is 1.35 bits per heavy atom. The number of carbonyl (C=O) groups excluding carboxylic acids is 1. The second-order valence-corrected chi connectivity index (χ2v) is 4.98. The van der Waals surface area contributed by atoms with Gasteiger partial charge in [-0.25, -0.2) is 0 Å². The highest BCUT2D eigenvalue weighted by Gasteiger charge is 2.15. The maximum Gasteiger partial charge on any atom is 0.176 e. The Morgan fingerprint density at radius 3 is 2.60 bits per heavy atom. The molecule has 1 aromatic carbocycles. The van der Waals surface area contributed by atoms with E-state index in [2.05, 4.69) is 21.0 Å². The van der Waals surface area contributed by atoms with E-state index in [0.29, 0.717) is 17.4 Å². The van der Waals surface area contributed by atoms with Crippen LogP contribution in [0.4, 0.5) is 0 Å². The summed E-state index contributed by atoms with van der Waals surface area (Å²) in [5.74, 6) is 0.905. The normalized spacial score (nSPS) is 10.6. The minimum atomic E-state index is 0.0721. The fraction of sp³-hybridized carbons (Fsp3) is 0.333. The second-order valence-electron chi connectivity index (χ2n) is 4.42. The van der Waals surface area contributed by atoms with Gasteiger partial charge in [0, 0.05) is 5.69 Å². The number of benzene rings is 1. The summed E-state index contributed by atoms with van der Waals surface area (Å²) in [6.07, 6.45) is 2.44. The summed E-state index contributed by atoms with van der Waals surface area (Å²) in [4.78, 5) is 11.8. The first-order valence-electron chi connectivity index (χ1n) is 6.46. The molecule has 0 fully saturated rings. The number of aromatic nitrogens is 2. The maximum absolute atomic E-state index is 11.8. The summed E-state index contributed by atoms with van der Waals surface area (Å²) in [6.45, 7) is 2.69. The molecule has 0 radical (unpaired) electrons. The van der Waals surface area contributed by atoms with Crippen molar-refractivity contribution in [3.63, 3.8) is 0 Å². The van der Waals surface area contributed by atoms with Crippen molar-refractivity contribution in [2.45, 2.75) is 19.9 Å². The first-order valence-corrected chi connectivity index (χ1v) is 7.58. The maximum atomic E-state index is 11.8. The highest BCUT2D eigenvalue weighted by Crippen LogP contribution is 2.16. The van der Waals surface area contributed by atoms with Gasteiger partial charge in [-0.1, -0.05) is 35.0 Å². The average Bonchev–Trinajstić information content (AvgIpc) is 2.89. The van der Waals surface area contributed by atoms with Gasteiger partial charge in [-0.15, -0.1) is 0 Å². The third-order valence-corrected chi connectivity index (χ3v) is 3.71. The van der Waals surface area contributed by atoms with Gasteiger partial charge in [0.1, 0.15) is 5.75 Å². The molecule has 0 saturated heterocycles. The number of nitrogens with zero attached hydrogens (tertiary/aromatic N) is 2. The Bertz CT molecular complexity index is 590. The molecule has 0 amide bonds. The third kappa shape index (κ3) is 3.10. The lowest BCUT2D eigenvalue weighted by Crippen LogP contribution is -2.09. The highest BCUT2D eigenvalue weighted by molar-refractivity contribution is 9.09. The Kier molecular flexibility index (Phi) is 4.95. The molecule has 0 bridgehead atoms. The largest absolute Gasteiger partial charge is 0.497 e. The number of methoxy groups -OCH3 is 1. The molecule has 4 nitrogen and oxygen atoms in total. The van der Waals surface area contributed by atoms with Crippen LogP contribution in [0.25, 0.3) is 0 Å². The smallest absolute Gasteiger partial charge is 0.176 e. The Hall–Kier alpha value is -1.62. The fourth-order valence-electron chi connectivity index (χ4n) is 2.13. The number of hydrogen-bond acceptors (Lipinski definition) is 3. The predicted octanol–water partition coefficient (Wildman–Crippen LogP) is 3.08. The molecule has 0 aliphatic rings. The number of carbonyl (C=O) groups is 1. The van der Waals surface area contributed by atoms with E-state index in [4.69, 9.17) is 4.74 Å². The van der Waals surface area contributed by atoms with Crippen LogP contribution in [-0.2, 0) is 13.0 Å². The summed E-state index contributed by atoms with van der Waals surface area (Å²) < 4.78 is 7.03. The molecular formula is C15H17BrN2O2. The van der Waals surface area contributed by atoms with Crippen molar-refractivity contribution in [1.82, 2.24) is 9.78 Å². The summed E-state index contributed by atoms with van der Waals surface area (Å²) in [5.41, 5.74) is 2.81. The van der Waals surface area contributed by atoms with Crippen LogP contribution >= 0.6 is 15.9 Å². The Morgan fingerprint density at radius 2 is 2.05 bits per heavy atom. The number of alkyl halides is 1. The summed E-state index contributed by atoms with van der Waals surface area (Å²) in [7, 11) is 1.65. The topological polar surface area (TPSA) is 44.1 Å². The zero-order valence-corrected chi connectivity index (χ0v) is 13.2. The molecular weight excluding hydrogens is 320 g/mol. The quantitative estimate of drug-likeness (QED) is 0.601. The molecule has 0 saturated carbocycles. The van der Waals surface area contributed by atoms with Crippen LogP contribution in [0.5, 0.6) is 5.75 Å². The van der Waals surface area contributed by atoms with Gasteiger partial charge in [-0.2, -0.15) is 5.10 Å². The molecule has 0 unspecified atom stereocenters. The van der Waals surface area contributed by atoms with Crippen LogP contribution in [0.15, 0.2) is 30.5 Å². The highest BCUT2D eigenvalue weighted by atomic mass is 79.9. The van der Waals surface area contributed by atoms with Gasteiger partial charge in [0.2, 0.25) is 0 Å². The summed E-state index contributed by atoms with van der Waals surface area (Å²) in [6, 6.07) is 7.86. The number of Topliss-reactive ketones (excluding diaryl/α,β-unsaturated/α-hetero) is 1. The van der Waals surface area contributed by atoms with Gasteiger partial charge in [-0.05, 0) is 24.1 Å². The zero-order chi connectivity index (χ0) is 14.5. The van der Waals surface area contributed by atoms with E-state index in [1.54, 1.807) is 13.3 Å². The van der Waals surface area contributed by atoms with Crippen molar-refractivity contribution >= 4 is 21.7 Å². The second kappa shape index (κ2) is 6.70. The lowest BCUT2D eigenvalue weighted by molar-refractivity contribution is 0.102. The predicted molar refractivity (Wildman–Crippen MR) is 81.8 cm³/mol. The number of ketones is 1. The van der Waals surface area contributed by atoms with Crippen molar-refractivity contribution < 1.29 is 9.53 Å². The molecule has 106 valence electrons. The first-order chi connectivity index (χ1) is 9.69. The third-order valence-electron chi connectivity index (χ3n) is 3.20. The fourth-order valence-corrected chi connectivity index (χ4v) is 2.43. The van der Waals surface area contributed by atoms with Crippen molar-refractivity contribution in [3.05, 3.63) is 47.3 Å². The number of halogens is 1. The molecule has 5 heteroatoms. The van der Waals surface area contributed by atoms with Crippen LogP contribution in [0.1, 0.15) is 28.5 Å². The molecule has 2 rings (SSSR count). The van der Waals surface area contributed by atoms with Crippen LogP contribution in [-0.4, -0.2) is 28.0 Å². The van der Waals surface area contributed by atoms with Crippen molar-refractivity contribution in [3.8, 4) is 5.75 Å². The van der Waals surface area contributed by atoms with Gasteiger partial charge >= 0.3 is 0 Å². The minimum absolute atomic E-state index is 0.0721. The number of hydrogen-bond donors (Lipinski definition) is 0. The van der Waals surface area contributed by atoms with Gasteiger partial charge in [-0.3, -0.25) is 9.48 Å². The van der Waals surface area contributed by atoms with E-state index >= 15 is 0 Å². The van der Waals surface area contributed by atoms with Gasteiger partial charge in [0.05, 0.1) is 30.7 Å². The van der Waals surface area contributed by atoms with Crippen LogP contribution in [0.2, 0.25) is 0 Å². The lowest BCUT2D eigenvalue weighted by Gasteiger charge is -2.08. The van der Waals surface area contributed by atoms with Gasteiger partial charge in [0.15, 0.2) is 5.78 Å². The molecule has 20 heavy (non-hydrogen) atoms. The molecule has 0 aliphatic carbocycles. The van der Waals surface area contributed by atoms with Crippen molar-refractivity contribution in [2.24, 2.45) is 0 Å². The molecule has 2 aromatic rings. The average molecular weight is 337 g/mol. The first kappa shape index (κ1) is 14.8. The van der Waals surface area contributed by atoms with E-state index in [1.807, 2.05) is 35.9 Å². The molecule has 1 aromatic heterocycles. The van der Waals surface area contributed by atoms with E-state index < -0.39 is 0 Å². The van der Waals surface area contributed by atoms with Gasteiger partial charge < -0.3 is 4.74 Å². The lowest BCUT2D eigenvalue weighted by atomic mass is 10.1. The Labute approximate surface area is 126 Å². The molecule has 0 aliphatic heterocycles. The van der Waals surface area contributed by atoms with Crippen molar-refractivity contribution in [2.75, 3.05) is 12.4 Å². The van der Waals surface area contributed by atoms with E-state index in [9.17, 15) is 4.79 Å². The minimum Gasteiger partial charge on any atom is -0.497 e. The molecule has 0 spiro atoms. The van der Waals surface area contributed by atoms with Gasteiger partial charge in [0.25, 0.3) is 0 Å². The molecule has 1 heterocycles. The van der Waals surface area contributed by atoms with Crippen LogP contribution in [0, 0.1) is 0 Å². The zero-order valence-electron chi connectivity index (χ0n) is 11.6. The van der Waals surface area contributed by atoms with Crippen LogP contribution in [0.3, 0.4) is 0 Å². The summed E-state index contributed by atoms with van der Waals surface area (Å²) >= 11 is 3.21. The SMILES string of the molecule is CCc1c(C(=O)CBr)cnn1Cc1ccc(OC)cc1. The standard InChI is InChI=1S/C15H17BrN2O2/c1-3-14-13(15(19)8-16)9-17-18(14)10-11-4-6-12(20-2)7-5-11/h4-7,9H,3,8,10H2,1-2H3. The van der Waals surface area contributed by atoms with E-state index in [0.717, 1.165) is 23.4 Å². The number of rotatable bonds is 6. The van der Waals surface area contributed by atoms with Crippen LogP contribution < -0.4 is 4.74 Å². The Balaban J connectivity index is 2.24. The number of ether oxygens (including phenoxy) is 1. The molecule has 0 N–H and O–H groups in total. The van der Waals surface area contributed by atoms with E-state index in [1.165, 1.54) is 0 Å². The van der Waals surface area contributed by atoms with E-state index in [-0.39, 0.29) is 5.78 Å². The monoisotopic (exact) mass is 336 g/mol. The molecule has 0 atom stereocenters. The van der Waals surface area contributed by atoms with Crippen molar-refractivity contribution in [1.29, 1.82) is 0 Å². The summed E-state index contributed by atoms with van der Waals surface area (Å²) in [5, 5.41) is 4.67.